The lowest BCUT2D eigenvalue weighted by molar-refractivity contribution is -0.144. The van der Waals surface area contributed by atoms with E-state index in [2.05, 4.69) is 10.3 Å². The van der Waals surface area contributed by atoms with E-state index >= 15 is 0 Å². The lowest BCUT2D eigenvalue weighted by atomic mass is 9.94. The van der Waals surface area contributed by atoms with Crippen LogP contribution in [0.5, 0.6) is 5.75 Å². The Morgan fingerprint density at radius 3 is 2.26 bits per heavy atom. The van der Waals surface area contributed by atoms with Crippen molar-refractivity contribution in [3.8, 4) is 5.75 Å². The Kier molecular flexibility index (Phi) is 5.46. The number of carboxylic acids is 1. The first-order valence-electron chi connectivity index (χ1n) is 10.1. The Balaban J connectivity index is 1.53. The van der Waals surface area contributed by atoms with E-state index in [0.29, 0.717) is 17.9 Å². The molecule has 2 N–H and O–H groups in total. The van der Waals surface area contributed by atoms with Gasteiger partial charge in [0.1, 0.15) is 17.9 Å². The molecule has 3 aromatic rings. The maximum Gasteiger partial charge on any atom is 0.330 e. The van der Waals surface area contributed by atoms with Gasteiger partial charge in [0.2, 0.25) is 0 Å². The van der Waals surface area contributed by atoms with Crippen LogP contribution in [0.15, 0.2) is 60.9 Å². The first-order valence-corrected chi connectivity index (χ1v) is 10.1. The molecule has 0 saturated heterocycles. The quantitative estimate of drug-likeness (QED) is 0.641. The molecule has 1 aromatic heterocycles. The zero-order valence-corrected chi connectivity index (χ0v) is 17.5. The van der Waals surface area contributed by atoms with Gasteiger partial charge in [-0.15, -0.1) is 0 Å². The predicted octanol–water partition coefficient (Wildman–Crippen LogP) is 3.63. The lowest BCUT2D eigenvalue weighted by Crippen LogP contribution is -2.55. The number of aryl methyl sites for hydroxylation is 2. The average molecular weight is 416 g/mol. The van der Waals surface area contributed by atoms with Crippen LogP contribution in [0.1, 0.15) is 38.2 Å². The number of ether oxygens (including phenoxy) is 1. The van der Waals surface area contributed by atoms with Crippen molar-refractivity contribution in [3.05, 3.63) is 94.3 Å². The Morgan fingerprint density at radius 2 is 1.71 bits per heavy atom. The Labute approximate surface area is 180 Å². The molecule has 6 nitrogen and oxygen atoms in total. The molecule has 0 spiro atoms. The first kappa shape index (κ1) is 20.6. The highest BCUT2D eigenvalue weighted by Gasteiger charge is 2.45. The van der Waals surface area contributed by atoms with Gasteiger partial charge in [0, 0.05) is 36.4 Å². The summed E-state index contributed by atoms with van der Waals surface area (Å²) in [5.41, 5.74) is 3.57. The summed E-state index contributed by atoms with van der Waals surface area (Å²) < 4.78 is 5.96. The van der Waals surface area contributed by atoms with Gasteiger partial charge in [0.25, 0.3) is 5.91 Å². The second-order valence-electron chi connectivity index (χ2n) is 8.05. The van der Waals surface area contributed by atoms with E-state index in [4.69, 9.17) is 4.74 Å². The molecule has 1 aliphatic carbocycles. The summed E-state index contributed by atoms with van der Waals surface area (Å²) in [7, 11) is 0. The van der Waals surface area contributed by atoms with Crippen molar-refractivity contribution < 1.29 is 19.4 Å². The van der Waals surface area contributed by atoms with Crippen molar-refractivity contribution in [1.82, 2.24) is 10.3 Å². The molecule has 0 aliphatic heterocycles. The molecule has 0 radical (unpaired) electrons. The molecule has 31 heavy (non-hydrogen) atoms. The van der Waals surface area contributed by atoms with Crippen LogP contribution < -0.4 is 10.1 Å². The molecule has 0 fully saturated rings. The highest BCUT2D eigenvalue weighted by Crippen LogP contribution is 2.31. The van der Waals surface area contributed by atoms with E-state index < -0.39 is 17.4 Å². The van der Waals surface area contributed by atoms with E-state index in [9.17, 15) is 14.7 Å². The molecule has 158 valence electrons. The number of nitrogens with one attached hydrogen (secondary N) is 1. The van der Waals surface area contributed by atoms with Gasteiger partial charge in [-0.1, -0.05) is 30.3 Å². The standard InChI is InChI=1S/C25H24N2O4/c1-16-10-21(11-17(2)22(16)31-15-18-6-5-9-26-14-18)23(28)27-25(24(29)30)12-19-7-3-4-8-20(19)13-25/h3-11,14H,12-13,15H2,1-2H3,(H,27,28)(H,29,30). The molecular weight excluding hydrogens is 392 g/mol. The minimum Gasteiger partial charge on any atom is -0.488 e. The fraction of sp³-hybridized carbons (Fsp3) is 0.240. The summed E-state index contributed by atoms with van der Waals surface area (Å²) in [6, 6.07) is 14.8. The summed E-state index contributed by atoms with van der Waals surface area (Å²) >= 11 is 0. The molecule has 0 saturated carbocycles. The Morgan fingerprint density at radius 1 is 1.06 bits per heavy atom. The second-order valence-corrected chi connectivity index (χ2v) is 8.05. The number of carbonyl (C=O) groups excluding carboxylic acids is 1. The largest absolute Gasteiger partial charge is 0.488 e. The van der Waals surface area contributed by atoms with E-state index in [-0.39, 0.29) is 12.8 Å². The molecule has 2 aromatic carbocycles. The summed E-state index contributed by atoms with van der Waals surface area (Å²) in [6.45, 7) is 4.13. The number of amides is 1. The number of hydrogen-bond acceptors (Lipinski definition) is 4. The van der Waals surface area contributed by atoms with Crippen LogP contribution in [0, 0.1) is 13.8 Å². The van der Waals surface area contributed by atoms with Gasteiger partial charge in [-0.05, 0) is 54.3 Å². The van der Waals surface area contributed by atoms with Gasteiger partial charge in [0.15, 0.2) is 0 Å². The summed E-state index contributed by atoms with van der Waals surface area (Å²) in [4.78, 5) is 29.2. The molecule has 0 bridgehead atoms. The van der Waals surface area contributed by atoms with Crippen LogP contribution >= 0.6 is 0 Å². The van der Waals surface area contributed by atoms with Crippen LogP contribution in [0.4, 0.5) is 0 Å². The monoisotopic (exact) mass is 416 g/mol. The molecule has 4 rings (SSSR count). The second kappa shape index (κ2) is 8.22. The number of aliphatic carboxylic acids is 1. The lowest BCUT2D eigenvalue weighted by Gasteiger charge is -2.26. The number of benzene rings is 2. The minimum atomic E-state index is -1.34. The van der Waals surface area contributed by atoms with Gasteiger partial charge in [-0.2, -0.15) is 0 Å². The van der Waals surface area contributed by atoms with E-state index in [1.807, 2.05) is 50.2 Å². The van der Waals surface area contributed by atoms with Crippen LogP contribution in [-0.4, -0.2) is 27.5 Å². The number of rotatable bonds is 6. The zero-order chi connectivity index (χ0) is 22.0. The summed E-state index contributed by atoms with van der Waals surface area (Å²) in [6.07, 6.45) is 4.00. The van der Waals surface area contributed by atoms with Crippen molar-refractivity contribution in [2.75, 3.05) is 0 Å². The zero-order valence-electron chi connectivity index (χ0n) is 17.5. The van der Waals surface area contributed by atoms with Gasteiger partial charge in [-0.3, -0.25) is 9.78 Å². The summed E-state index contributed by atoms with van der Waals surface area (Å²) in [5.74, 6) is -0.719. The Hall–Kier alpha value is -3.67. The van der Waals surface area contributed by atoms with Crippen LogP contribution in [0.25, 0.3) is 0 Å². The highest BCUT2D eigenvalue weighted by atomic mass is 16.5. The van der Waals surface area contributed by atoms with Crippen LogP contribution in [0.2, 0.25) is 0 Å². The van der Waals surface area contributed by atoms with Crippen molar-refractivity contribution >= 4 is 11.9 Å². The van der Waals surface area contributed by atoms with Crippen molar-refractivity contribution in [2.45, 2.75) is 38.8 Å². The number of carboxylic acid groups (broad SMARTS) is 1. The van der Waals surface area contributed by atoms with Gasteiger partial charge in [0.05, 0.1) is 0 Å². The maximum atomic E-state index is 13.0. The van der Waals surface area contributed by atoms with Crippen molar-refractivity contribution in [3.63, 3.8) is 0 Å². The number of hydrogen-bond donors (Lipinski definition) is 2. The molecule has 6 heteroatoms. The SMILES string of the molecule is Cc1cc(C(=O)NC2(C(=O)O)Cc3ccccc3C2)cc(C)c1OCc1cccnc1. The maximum absolute atomic E-state index is 13.0. The van der Waals surface area contributed by atoms with Gasteiger partial charge < -0.3 is 15.2 Å². The number of pyridine rings is 1. The normalized spacial score (nSPS) is 14.0. The highest BCUT2D eigenvalue weighted by molar-refractivity contribution is 5.99. The van der Waals surface area contributed by atoms with Crippen LogP contribution in [-0.2, 0) is 24.2 Å². The molecule has 1 heterocycles. The number of aromatic nitrogens is 1. The molecule has 1 aliphatic rings. The predicted molar refractivity (Wildman–Crippen MR) is 116 cm³/mol. The third kappa shape index (κ3) is 4.14. The fourth-order valence-electron chi connectivity index (χ4n) is 4.15. The minimum absolute atomic E-state index is 0.272. The number of carbonyl (C=O) groups is 2. The van der Waals surface area contributed by atoms with E-state index in [1.54, 1.807) is 24.5 Å². The number of nitrogens with zero attached hydrogens (tertiary/aromatic N) is 1. The van der Waals surface area contributed by atoms with Crippen molar-refractivity contribution in [2.24, 2.45) is 0 Å². The third-order valence-electron chi connectivity index (χ3n) is 5.69. The van der Waals surface area contributed by atoms with Crippen LogP contribution in [0.3, 0.4) is 0 Å². The van der Waals surface area contributed by atoms with Crippen molar-refractivity contribution in [1.29, 1.82) is 0 Å². The topological polar surface area (TPSA) is 88.5 Å². The molecule has 0 atom stereocenters. The molecular formula is C25H24N2O4. The molecule has 1 amide bonds. The number of fused-ring (bicyclic) bond motifs is 1. The van der Waals surface area contributed by atoms with Gasteiger partial charge >= 0.3 is 5.97 Å². The fourth-order valence-corrected chi connectivity index (χ4v) is 4.15. The Bertz CT molecular complexity index is 1090. The molecule has 0 unspecified atom stereocenters. The smallest absolute Gasteiger partial charge is 0.330 e. The average Bonchev–Trinajstić information content (AvgIpc) is 3.13. The first-order chi connectivity index (χ1) is 14.9. The van der Waals surface area contributed by atoms with Gasteiger partial charge in [-0.25, -0.2) is 4.79 Å². The third-order valence-corrected chi connectivity index (χ3v) is 5.69. The summed E-state index contributed by atoms with van der Waals surface area (Å²) in [5, 5.41) is 12.7. The van der Waals surface area contributed by atoms with E-state index in [1.165, 1.54) is 0 Å². The van der Waals surface area contributed by atoms with E-state index in [0.717, 1.165) is 27.8 Å².